The second-order valence-electron chi connectivity index (χ2n) is 5.53. The fourth-order valence-electron chi connectivity index (χ4n) is 2.26. The van der Waals surface area contributed by atoms with Crippen LogP contribution in [0, 0.1) is 0 Å². The summed E-state index contributed by atoms with van der Waals surface area (Å²) in [5.74, 6) is 1.42. The van der Waals surface area contributed by atoms with Crippen LogP contribution in [0.4, 0.5) is 0 Å². The third-order valence-electron chi connectivity index (χ3n) is 3.25. The summed E-state index contributed by atoms with van der Waals surface area (Å²) in [7, 11) is 0. The van der Waals surface area contributed by atoms with Gasteiger partial charge in [0.2, 0.25) is 0 Å². The summed E-state index contributed by atoms with van der Waals surface area (Å²) < 4.78 is 2.17. The predicted octanol–water partition coefficient (Wildman–Crippen LogP) is 5.04. The molecule has 1 atom stereocenters. The molecular weight excluding hydrogens is 256 g/mol. The Morgan fingerprint density at radius 1 is 1.37 bits per heavy atom. The monoisotopic (exact) mass is 276 g/mol. The van der Waals surface area contributed by atoms with Crippen molar-refractivity contribution in [1.29, 1.82) is 0 Å². The molecule has 102 valence electrons. The average Bonchev–Trinajstić information content (AvgIpc) is 2.66. The van der Waals surface area contributed by atoms with Crippen molar-refractivity contribution in [3.05, 3.63) is 41.7 Å². The number of alkyl halides is 1. The molecule has 1 aromatic carbocycles. The van der Waals surface area contributed by atoms with Gasteiger partial charge in [0.25, 0.3) is 0 Å². The molecule has 0 bridgehead atoms. The van der Waals surface area contributed by atoms with E-state index in [-0.39, 0.29) is 5.38 Å². The Bertz CT molecular complexity index is 608. The number of benzene rings is 1. The van der Waals surface area contributed by atoms with Crippen molar-refractivity contribution >= 4 is 22.6 Å². The fraction of sp³-hybridized carbons (Fsp3) is 0.438. The summed E-state index contributed by atoms with van der Waals surface area (Å²) in [5.41, 5.74) is 4.57. The maximum absolute atomic E-state index is 6.25. The van der Waals surface area contributed by atoms with Crippen molar-refractivity contribution in [2.75, 3.05) is 0 Å². The summed E-state index contributed by atoms with van der Waals surface area (Å²) in [6.45, 7) is 13.1. The maximum atomic E-state index is 6.25. The third kappa shape index (κ3) is 2.84. The first kappa shape index (κ1) is 14.1. The number of fused-ring (bicyclic) bond motifs is 1. The molecule has 1 unspecified atom stereocenters. The van der Waals surface area contributed by atoms with Crippen LogP contribution in [0.2, 0.25) is 0 Å². The van der Waals surface area contributed by atoms with Gasteiger partial charge in [-0.1, -0.05) is 32.1 Å². The number of halogens is 1. The zero-order valence-electron chi connectivity index (χ0n) is 12.1. The number of hydrogen-bond donors (Lipinski definition) is 0. The summed E-state index contributed by atoms with van der Waals surface area (Å²) in [6.07, 6.45) is 0. The van der Waals surface area contributed by atoms with E-state index in [4.69, 9.17) is 16.6 Å². The van der Waals surface area contributed by atoms with E-state index in [9.17, 15) is 0 Å². The van der Waals surface area contributed by atoms with E-state index in [1.54, 1.807) is 0 Å². The molecule has 0 spiro atoms. The molecule has 2 rings (SSSR count). The number of nitrogens with zero attached hydrogens (tertiary/aromatic N) is 2. The average molecular weight is 277 g/mol. The van der Waals surface area contributed by atoms with Gasteiger partial charge in [0, 0.05) is 6.54 Å². The van der Waals surface area contributed by atoms with Crippen molar-refractivity contribution in [1.82, 2.24) is 9.55 Å². The first-order valence-corrected chi connectivity index (χ1v) is 7.12. The third-order valence-corrected chi connectivity index (χ3v) is 3.45. The number of allylic oxidation sites excluding steroid dienone is 1. The predicted molar refractivity (Wildman–Crippen MR) is 82.9 cm³/mol. The van der Waals surface area contributed by atoms with Crippen LogP contribution in [-0.2, 0) is 6.54 Å². The highest BCUT2D eigenvalue weighted by atomic mass is 35.5. The highest BCUT2D eigenvalue weighted by Crippen LogP contribution is 2.27. The lowest BCUT2D eigenvalue weighted by molar-refractivity contribution is 0.734. The van der Waals surface area contributed by atoms with Gasteiger partial charge in [-0.15, -0.1) is 11.6 Å². The number of aromatic nitrogens is 2. The van der Waals surface area contributed by atoms with Gasteiger partial charge < -0.3 is 4.57 Å². The first-order chi connectivity index (χ1) is 8.90. The van der Waals surface area contributed by atoms with E-state index in [1.807, 2.05) is 13.8 Å². The SMILES string of the molecule is C=C(C)Cn1c(C(C)Cl)nc2cc(C(C)C)ccc21. The molecule has 2 aromatic rings. The quantitative estimate of drug-likeness (QED) is 0.565. The summed E-state index contributed by atoms with van der Waals surface area (Å²) in [4.78, 5) is 4.70. The molecular formula is C16H21ClN2. The second-order valence-corrected chi connectivity index (χ2v) is 6.19. The lowest BCUT2D eigenvalue weighted by atomic mass is 10.0. The number of hydrogen-bond acceptors (Lipinski definition) is 1. The molecule has 0 N–H and O–H groups in total. The van der Waals surface area contributed by atoms with E-state index in [0.717, 1.165) is 29.0 Å². The molecule has 0 saturated carbocycles. The Kier molecular flexibility index (Phi) is 4.00. The van der Waals surface area contributed by atoms with E-state index >= 15 is 0 Å². The van der Waals surface area contributed by atoms with E-state index in [2.05, 4.69) is 43.2 Å². The van der Waals surface area contributed by atoms with Crippen molar-refractivity contribution in [3.63, 3.8) is 0 Å². The molecule has 0 radical (unpaired) electrons. The highest BCUT2D eigenvalue weighted by Gasteiger charge is 2.15. The molecule has 19 heavy (non-hydrogen) atoms. The smallest absolute Gasteiger partial charge is 0.128 e. The van der Waals surface area contributed by atoms with E-state index in [0.29, 0.717) is 5.92 Å². The molecule has 3 heteroatoms. The molecule has 0 aliphatic heterocycles. The van der Waals surface area contributed by atoms with Gasteiger partial charge in [0.1, 0.15) is 5.82 Å². The van der Waals surface area contributed by atoms with Crippen LogP contribution < -0.4 is 0 Å². The Morgan fingerprint density at radius 3 is 2.58 bits per heavy atom. The molecule has 0 amide bonds. The Labute approximate surface area is 120 Å². The number of rotatable bonds is 4. The van der Waals surface area contributed by atoms with Crippen LogP contribution in [0.5, 0.6) is 0 Å². The summed E-state index contributed by atoms with van der Waals surface area (Å²) >= 11 is 6.25. The first-order valence-electron chi connectivity index (χ1n) is 6.68. The lowest BCUT2D eigenvalue weighted by Crippen LogP contribution is -2.05. The Balaban J connectivity index is 2.62. The van der Waals surface area contributed by atoms with Crippen molar-refractivity contribution < 1.29 is 0 Å². The molecule has 0 aliphatic rings. The standard InChI is InChI=1S/C16H21ClN2/c1-10(2)9-19-15-7-6-13(11(3)4)8-14(15)18-16(19)12(5)17/h6-8,11-12H,1,9H2,2-5H3. The van der Waals surface area contributed by atoms with Gasteiger partial charge >= 0.3 is 0 Å². The normalized spacial score (nSPS) is 13.2. The summed E-state index contributed by atoms with van der Waals surface area (Å²) in [5, 5.41) is -0.103. The van der Waals surface area contributed by atoms with Gasteiger partial charge in [-0.25, -0.2) is 4.98 Å². The van der Waals surface area contributed by atoms with Crippen LogP contribution in [0.3, 0.4) is 0 Å². The fourth-order valence-corrected chi connectivity index (χ4v) is 2.43. The Hall–Kier alpha value is -1.28. The topological polar surface area (TPSA) is 17.8 Å². The van der Waals surface area contributed by atoms with E-state index < -0.39 is 0 Å². The lowest BCUT2D eigenvalue weighted by Gasteiger charge is -2.10. The van der Waals surface area contributed by atoms with Crippen molar-refractivity contribution in [3.8, 4) is 0 Å². The molecule has 0 saturated heterocycles. The van der Waals surface area contributed by atoms with Gasteiger partial charge in [0.15, 0.2) is 0 Å². The molecule has 1 aromatic heterocycles. The maximum Gasteiger partial charge on any atom is 0.128 e. The Morgan fingerprint density at radius 2 is 2.05 bits per heavy atom. The van der Waals surface area contributed by atoms with Gasteiger partial charge in [-0.05, 0) is 37.5 Å². The van der Waals surface area contributed by atoms with Crippen molar-refractivity contribution in [2.45, 2.75) is 45.5 Å². The largest absolute Gasteiger partial charge is 0.323 e. The molecule has 2 nitrogen and oxygen atoms in total. The van der Waals surface area contributed by atoms with Crippen LogP contribution >= 0.6 is 11.6 Å². The van der Waals surface area contributed by atoms with Gasteiger partial charge in [-0.2, -0.15) is 0 Å². The zero-order chi connectivity index (χ0) is 14.2. The van der Waals surface area contributed by atoms with Gasteiger partial charge in [-0.3, -0.25) is 0 Å². The van der Waals surface area contributed by atoms with Crippen LogP contribution in [0.15, 0.2) is 30.4 Å². The second kappa shape index (κ2) is 5.38. The molecule has 0 aliphatic carbocycles. The highest BCUT2D eigenvalue weighted by molar-refractivity contribution is 6.20. The van der Waals surface area contributed by atoms with Crippen LogP contribution in [0.25, 0.3) is 11.0 Å². The summed E-state index contributed by atoms with van der Waals surface area (Å²) in [6, 6.07) is 6.48. The van der Waals surface area contributed by atoms with Crippen LogP contribution in [0.1, 0.15) is 50.4 Å². The zero-order valence-corrected chi connectivity index (χ0v) is 12.8. The number of imidazole rings is 1. The minimum atomic E-state index is -0.103. The molecule has 0 fully saturated rings. The van der Waals surface area contributed by atoms with Crippen LogP contribution in [-0.4, -0.2) is 9.55 Å². The van der Waals surface area contributed by atoms with E-state index in [1.165, 1.54) is 5.56 Å². The minimum absolute atomic E-state index is 0.103. The van der Waals surface area contributed by atoms with Crippen molar-refractivity contribution in [2.24, 2.45) is 0 Å². The van der Waals surface area contributed by atoms with Gasteiger partial charge in [0.05, 0.1) is 16.4 Å². The minimum Gasteiger partial charge on any atom is -0.323 e. The molecule has 1 heterocycles.